The van der Waals surface area contributed by atoms with Crippen LogP contribution in [0.4, 0.5) is 0 Å². The lowest BCUT2D eigenvalue weighted by Crippen LogP contribution is -2.24. The third-order valence-electron chi connectivity index (χ3n) is 4.29. The molecule has 2 heterocycles. The van der Waals surface area contributed by atoms with Crippen LogP contribution in [0.3, 0.4) is 0 Å². The van der Waals surface area contributed by atoms with Crippen molar-refractivity contribution >= 4 is 12.1 Å². The van der Waals surface area contributed by atoms with E-state index in [1.807, 2.05) is 0 Å². The van der Waals surface area contributed by atoms with Gasteiger partial charge >= 0.3 is 0 Å². The van der Waals surface area contributed by atoms with Gasteiger partial charge in [0, 0.05) is 17.2 Å². The number of amides is 1. The van der Waals surface area contributed by atoms with E-state index in [1.54, 1.807) is 50.6 Å². The fraction of sp³-hybridized carbons (Fsp3) is 0.211. The van der Waals surface area contributed by atoms with Crippen molar-refractivity contribution in [2.75, 3.05) is 21.0 Å². The predicted molar refractivity (Wildman–Crippen MR) is 105 cm³/mol. The minimum Gasteiger partial charge on any atom is -0.497 e. The Morgan fingerprint density at radius 2 is 2.07 bits per heavy atom. The highest BCUT2D eigenvalue weighted by Crippen LogP contribution is 2.35. The fourth-order valence-corrected chi connectivity index (χ4v) is 2.82. The van der Waals surface area contributed by atoms with E-state index in [4.69, 9.17) is 18.9 Å². The molecule has 4 rings (SSSR count). The number of hydrogen-bond donors (Lipinski definition) is 1. The van der Waals surface area contributed by atoms with Crippen LogP contribution in [0.25, 0.3) is 11.4 Å². The van der Waals surface area contributed by atoms with Crippen molar-refractivity contribution in [2.24, 2.45) is 5.10 Å². The lowest BCUT2D eigenvalue weighted by atomic mass is 10.2. The molecule has 0 radical (unpaired) electrons. The lowest BCUT2D eigenvalue weighted by Gasteiger charge is -2.07. The number of methoxy groups -OCH3 is 2. The third-order valence-corrected chi connectivity index (χ3v) is 4.29. The maximum atomic E-state index is 12.3. The number of hydrazone groups is 1. The van der Waals surface area contributed by atoms with Crippen LogP contribution in [0.5, 0.6) is 23.0 Å². The van der Waals surface area contributed by atoms with E-state index >= 15 is 0 Å². The van der Waals surface area contributed by atoms with Gasteiger partial charge in [-0.3, -0.25) is 4.79 Å². The van der Waals surface area contributed by atoms with Gasteiger partial charge in [0.15, 0.2) is 17.3 Å². The molecular weight excluding hydrogens is 392 g/mol. The van der Waals surface area contributed by atoms with Crippen LogP contribution < -0.4 is 24.4 Å². The topological polar surface area (TPSA) is 122 Å². The van der Waals surface area contributed by atoms with Gasteiger partial charge < -0.3 is 18.9 Å². The highest BCUT2D eigenvalue weighted by Gasteiger charge is 2.18. The molecule has 0 aliphatic carbocycles. The Morgan fingerprint density at radius 3 is 2.90 bits per heavy atom. The van der Waals surface area contributed by atoms with Gasteiger partial charge in [0.25, 0.3) is 5.91 Å². The summed E-state index contributed by atoms with van der Waals surface area (Å²) in [5.41, 5.74) is 3.83. The molecule has 1 aromatic heterocycles. The molecule has 11 heteroatoms. The smallest absolute Gasteiger partial charge is 0.261 e. The van der Waals surface area contributed by atoms with E-state index < -0.39 is 5.91 Å². The number of carbonyl (C=O) groups is 1. The zero-order valence-corrected chi connectivity index (χ0v) is 16.2. The van der Waals surface area contributed by atoms with Crippen molar-refractivity contribution < 1.29 is 23.7 Å². The van der Waals surface area contributed by atoms with E-state index in [9.17, 15) is 4.79 Å². The number of ether oxygens (including phenoxy) is 4. The number of benzene rings is 2. The molecule has 2 aromatic carbocycles. The van der Waals surface area contributed by atoms with Crippen molar-refractivity contribution in [3.63, 3.8) is 0 Å². The Hall–Kier alpha value is -4.15. The molecule has 11 nitrogen and oxygen atoms in total. The predicted octanol–water partition coefficient (Wildman–Crippen LogP) is 1.24. The van der Waals surface area contributed by atoms with Gasteiger partial charge in [0.05, 0.1) is 20.4 Å². The monoisotopic (exact) mass is 410 g/mol. The zero-order chi connectivity index (χ0) is 20.9. The van der Waals surface area contributed by atoms with E-state index in [0.717, 1.165) is 0 Å². The first kappa shape index (κ1) is 19.2. The number of nitrogens with zero attached hydrogens (tertiary/aromatic N) is 5. The van der Waals surface area contributed by atoms with Crippen LogP contribution in [-0.2, 0) is 11.3 Å². The summed E-state index contributed by atoms with van der Waals surface area (Å²) in [5.74, 6) is 2.50. The molecule has 1 aliphatic rings. The summed E-state index contributed by atoms with van der Waals surface area (Å²) in [6.07, 6.45) is 1.48. The summed E-state index contributed by atoms with van der Waals surface area (Å²) in [7, 11) is 3.11. The molecular formula is C19H18N6O5. The van der Waals surface area contributed by atoms with Crippen molar-refractivity contribution in [2.45, 2.75) is 6.54 Å². The standard InChI is InChI=1S/C19H18N6O5/c1-27-14-5-3-13(16(8-14)28-2)9-20-21-18(26)10-25-19(22-23-24-25)12-4-6-15-17(7-12)30-11-29-15/h3-9H,10-11H2,1-2H3,(H,21,26)/b20-9-. The maximum absolute atomic E-state index is 12.3. The van der Waals surface area contributed by atoms with E-state index in [0.29, 0.717) is 39.9 Å². The minimum atomic E-state index is -0.395. The zero-order valence-electron chi connectivity index (χ0n) is 16.2. The highest BCUT2D eigenvalue weighted by molar-refractivity contribution is 5.85. The Kier molecular flexibility index (Phi) is 5.42. The number of nitrogens with one attached hydrogen (secondary N) is 1. The van der Waals surface area contributed by atoms with Crippen molar-refractivity contribution in [3.8, 4) is 34.4 Å². The number of rotatable bonds is 7. The fourth-order valence-electron chi connectivity index (χ4n) is 2.82. The van der Waals surface area contributed by atoms with Crippen LogP contribution in [0.1, 0.15) is 5.56 Å². The second-order valence-electron chi connectivity index (χ2n) is 6.13. The largest absolute Gasteiger partial charge is 0.497 e. The van der Waals surface area contributed by atoms with E-state index in [1.165, 1.54) is 10.9 Å². The van der Waals surface area contributed by atoms with Crippen LogP contribution in [0.2, 0.25) is 0 Å². The van der Waals surface area contributed by atoms with Gasteiger partial charge in [-0.15, -0.1) is 5.10 Å². The molecule has 0 fully saturated rings. The molecule has 0 atom stereocenters. The van der Waals surface area contributed by atoms with Crippen molar-refractivity contribution in [1.29, 1.82) is 0 Å². The molecule has 0 spiro atoms. The van der Waals surface area contributed by atoms with Gasteiger partial charge in [0.2, 0.25) is 6.79 Å². The Morgan fingerprint density at radius 1 is 1.20 bits per heavy atom. The van der Waals surface area contributed by atoms with Gasteiger partial charge in [-0.05, 0) is 40.8 Å². The van der Waals surface area contributed by atoms with Crippen molar-refractivity contribution in [1.82, 2.24) is 25.6 Å². The summed E-state index contributed by atoms with van der Waals surface area (Å²) in [6, 6.07) is 10.6. The first-order valence-electron chi connectivity index (χ1n) is 8.88. The molecule has 1 aliphatic heterocycles. The first-order valence-corrected chi connectivity index (χ1v) is 8.88. The molecule has 0 unspecified atom stereocenters. The quantitative estimate of drug-likeness (QED) is 0.456. The summed E-state index contributed by atoms with van der Waals surface area (Å²) < 4.78 is 22.5. The van der Waals surface area contributed by atoms with Gasteiger partial charge in [-0.25, -0.2) is 10.1 Å². The number of tetrazole rings is 1. The summed E-state index contributed by atoms with van der Waals surface area (Å²) in [5, 5.41) is 15.5. The van der Waals surface area contributed by atoms with Crippen LogP contribution >= 0.6 is 0 Å². The van der Waals surface area contributed by atoms with Crippen LogP contribution in [0, 0.1) is 0 Å². The molecule has 0 bridgehead atoms. The molecule has 1 N–H and O–H groups in total. The molecule has 0 saturated heterocycles. The van der Waals surface area contributed by atoms with E-state index in [-0.39, 0.29) is 13.3 Å². The van der Waals surface area contributed by atoms with Crippen LogP contribution in [-0.4, -0.2) is 53.3 Å². The highest BCUT2D eigenvalue weighted by atomic mass is 16.7. The number of carbonyl (C=O) groups excluding carboxylic acids is 1. The van der Waals surface area contributed by atoms with Gasteiger partial charge in [0.1, 0.15) is 18.0 Å². The van der Waals surface area contributed by atoms with Gasteiger partial charge in [-0.2, -0.15) is 5.10 Å². The molecule has 3 aromatic rings. The molecule has 154 valence electrons. The lowest BCUT2D eigenvalue weighted by molar-refractivity contribution is -0.121. The SMILES string of the molecule is COc1ccc(/C=N\NC(=O)Cn2nnnc2-c2ccc3c(c2)OCO3)c(OC)c1. The average Bonchev–Trinajstić information content (AvgIpc) is 3.42. The van der Waals surface area contributed by atoms with Crippen LogP contribution in [0.15, 0.2) is 41.5 Å². The summed E-state index contributed by atoms with van der Waals surface area (Å²) >= 11 is 0. The number of hydrogen-bond acceptors (Lipinski definition) is 9. The molecule has 0 saturated carbocycles. The number of aromatic nitrogens is 4. The first-order chi connectivity index (χ1) is 14.7. The number of fused-ring (bicyclic) bond motifs is 1. The van der Waals surface area contributed by atoms with Gasteiger partial charge in [-0.1, -0.05) is 0 Å². The molecule has 30 heavy (non-hydrogen) atoms. The second-order valence-corrected chi connectivity index (χ2v) is 6.13. The Labute approximate surface area is 171 Å². The Balaban J connectivity index is 1.42. The normalized spacial score (nSPS) is 12.2. The second kappa shape index (κ2) is 8.47. The van der Waals surface area contributed by atoms with E-state index in [2.05, 4.69) is 26.1 Å². The minimum absolute atomic E-state index is 0.117. The molecule has 1 amide bonds. The maximum Gasteiger partial charge on any atom is 0.261 e. The third kappa shape index (κ3) is 3.99. The van der Waals surface area contributed by atoms with Crippen molar-refractivity contribution in [3.05, 3.63) is 42.0 Å². The summed E-state index contributed by atoms with van der Waals surface area (Å²) in [4.78, 5) is 12.3. The summed E-state index contributed by atoms with van der Waals surface area (Å²) in [6.45, 7) is 0.0526. The Bertz CT molecular complexity index is 1100. The average molecular weight is 410 g/mol.